The number of nitrogens with zero attached hydrogens (tertiary/aromatic N) is 4. The monoisotopic (exact) mass is 676 g/mol. The molecule has 1 aliphatic heterocycles. The van der Waals surface area contributed by atoms with Crippen molar-refractivity contribution in [2.75, 3.05) is 33.9 Å². The summed E-state index contributed by atoms with van der Waals surface area (Å²) in [5, 5.41) is 18.3. The second-order valence-corrected chi connectivity index (χ2v) is 12.5. The molecule has 5 amide bonds. The van der Waals surface area contributed by atoms with Crippen molar-refractivity contribution in [1.82, 2.24) is 41.5 Å². The molecule has 1 fully saturated rings. The summed E-state index contributed by atoms with van der Waals surface area (Å²) in [6.45, 7) is 5.19. The van der Waals surface area contributed by atoms with Gasteiger partial charge in [-0.2, -0.15) is 0 Å². The first-order valence-corrected chi connectivity index (χ1v) is 15.9. The van der Waals surface area contributed by atoms with Gasteiger partial charge in [-0.3, -0.25) is 29.0 Å². The predicted molar refractivity (Wildman–Crippen MR) is 173 cm³/mol. The van der Waals surface area contributed by atoms with Crippen LogP contribution in [0.2, 0.25) is 0 Å². The minimum absolute atomic E-state index is 0.0416. The highest BCUT2D eigenvalue weighted by atomic mass is 16.6. The van der Waals surface area contributed by atoms with Crippen LogP contribution in [0, 0.1) is 12.8 Å². The van der Waals surface area contributed by atoms with Gasteiger partial charge in [0.25, 0.3) is 11.8 Å². The maximum absolute atomic E-state index is 13.6. The third-order valence-corrected chi connectivity index (χ3v) is 8.39. The number of nitrogens with one attached hydrogen (secondary N) is 4. The molecule has 260 valence electrons. The average molecular weight is 677 g/mol. The molecule has 1 aromatic carbocycles. The van der Waals surface area contributed by atoms with Crippen molar-refractivity contribution in [2.24, 2.45) is 5.92 Å². The summed E-state index contributed by atoms with van der Waals surface area (Å²) in [6, 6.07) is 4.27. The zero-order valence-corrected chi connectivity index (χ0v) is 28.0. The van der Waals surface area contributed by atoms with E-state index in [4.69, 9.17) is 9.47 Å². The molecule has 0 radical (unpaired) electrons. The second kappa shape index (κ2) is 14.7. The Morgan fingerprint density at radius 3 is 2.49 bits per heavy atom. The van der Waals surface area contributed by atoms with E-state index in [1.54, 1.807) is 31.3 Å². The van der Waals surface area contributed by atoms with Crippen LogP contribution < -0.4 is 30.7 Å². The number of pyridine rings is 1. The van der Waals surface area contributed by atoms with Crippen molar-refractivity contribution in [2.45, 2.75) is 58.2 Å². The quantitative estimate of drug-likeness (QED) is 0.279. The molecule has 3 heterocycles. The van der Waals surface area contributed by atoms with Crippen LogP contribution >= 0.6 is 0 Å². The summed E-state index contributed by atoms with van der Waals surface area (Å²) in [4.78, 5) is 72.4. The molecule has 0 unspecified atom stereocenters. The number of fused-ring (bicyclic) bond motifs is 5. The molecule has 4 bridgehead atoms. The highest BCUT2D eigenvalue weighted by Gasteiger charge is 2.52. The van der Waals surface area contributed by atoms with E-state index in [-0.39, 0.29) is 49.0 Å². The minimum Gasteiger partial charge on any atom is -0.493 e. The van der Waals surface area contributed by atoms with E-state index in [1.165, 1.54) is 25.3 Å². The van der Waals surface area contributed by atoms with Crippen LogP contribution in [0.15, 0.2) is 35.2 Å². The number of hydrogen-bond acceptors (Lipinski definition) is 11. The highest BCUT2D eigenvalue weighted by Crippen LogP contribution is 2.40. The van der Waals surface area contributed by atoms with E-state index in [0.29, 0.717) is 47.5 Å². The van der Waals surface area contributed by atoms with Crippen LogP contribution in [-0.2, 0) is 20.9 Å². The summed E-state index contributed by atoms with van der Waals surface area (Å²) < 4.78 is 15.9. The first-order valence-electron chi connectivity index (χ1n) is 15.9. The van der Waals surface area contributed by atoms with Crippen molar-refractivity contribution in [1.29, 1.82) is 0 Å². The number of aromatic nitrogens is 3. The molecular formula is C33H40N8O8. The summed E-state index contributed by atoms with van der Waals surface area (Å²) in [5.41, 5.74) is 1.00. The number of benzene rings is 1. The van der Waals surface area contributed by atoms with Gasteiger partial charge >= 0.3 is 0 Å². The number of amides is 5. The summed E-state index contributed by atoms with van der Waals surface area (Å²) in [7, 11) is 2.97. The van der Waals surface area contributed by atoms with E-state index in [1.807, 2.05) is 13.8 Å². The normalized spacial score (nSPS) is 17.7. The van der Waals surface area contributed by atoms with Crippen LogP contribution in [0.4, 0.5) is 0 Å². The fourth-order valence-corrected chi connectivity index (χ4v) is 5.60. The number of hydrogen-bond donors (Lipinski definition) is 4. The van der Waals surface area contributed by atoms with E-state index >= 15 is 0 Å². The minimum atomic E-state index is -1.15. The smallest absolute Gasteiger partial charge is 0.275 e. The maximum atomic E-state index is 13.6. The second-order valence-electron chi connectivity index (χ2n) is 12.5. The van der Waals surface area contributed by atoms with E-state index in [2.05, 4.69) is 41.2 Å². The van der Waals surface area contributed by atoms with Gasteiger partial charge in [0.15, 0.2) is 17.2 Å². The van der Waals surface area contributed by atoms with Crippen LogP contribution in [0.3, 0.4) is 0 Å². The average Bonchev–Trinajstić information content (AvgIpc) is 3.74. The molecule has 4 N–H and O–H groups in total. The van der Waals surface area contributed by atoms with Crippen molar-refractivity contribution in [3.05, 3.63) is 53.1 Å². The molecule has 5 rings (SSSR count). The Morgan fingerprint density at radius 1 is 1.08 bits per heavy atom. The molecule has 2 aliphatic rings. The number of rotatable bonds is 7. The lowest BCUT2D eigenvalue weighted by Gasteiger charge is -2.26. The molecule has 1 saturated carbocycles. The van der Waals surface area contributed by atoms with Crippen molar-refractivity contribution in [3.8, 4) is 22.6 Å². The molecule has 16 heteroatoms. The zero-order valence-electron chi connectivity index (χ0n) is 28.0. The van der Waals surface area contributed by atoms with Gasteiger partial charge in [0.1, 0.15) is 17.3 Å². The van der Waals surface area contributed by atoms with Gasteiger partial charge in [-0.15, -0.1) is 0 Å². The number of carbonyl (C=O) groups is 5. The Morgan fingerprint density at radius 2 is 1.84 bits per heavy atom. The molecular weight excluding hydrogens is 636 g/mol. The van der Waals surface area contributed by atoms with Crippen molar-refractivity contribution in [3.63, 3.8) is 0 Å². The van der Waals surface area contributed by atoms with E-state index in [9.17, 15) is 24.0 Å². The third-order valence-electron chi connectivity index (χ3n) is 8.39. The van der Waals surface area contributed by atoms with Crippen LogP contribution in [-0.4, -0.2) is 95.2 Å². The molecule has 2 aromatic heterocycles. The van der Waals surface area contributed by atoms with Crippen LogP contribution in [0.5, 0.6) is 11.5 Å². The third kappa shape index (κ3) is 7.96. The number of carbonyl (C=O) groups excluding carboxylic acids is 5. The van der Waals surface area contributed by atoms with Crippen molar-refractivity contribution >= 4 is 29.5 Å². The van der Waals surface area contributed by atoms with E-state index < -0.39 is 41.1 Å². The highest BCUT2D eigenvalue weighted by molar-refractivity contribution is 6.02. The van der Waals surface area contributed by atoms with Crippen LogP contribution in [0.1, 0.15) is 65.2 Å². The van der Waals surface area contributed by atoms with Gasteiger partial charge in [-0.05, 0) is 61.0 Å². The Kier molecular flexibility index (Phi) is 10.4. The first-order chi connectivity index (χ1) is 23.4. The van der Waals surface area contributed by atoms with Gasteiger partial charge in [0.05, 0.1) is 26.3 Å². The van der Waals surface area contributed by atoms with Crippen LogP contribution in [0.25, 0.3) is 11.1 Å². The summed E-state index contributed by atoms with van der Waals surface area (Å²) in [5.74, 6) is -1.64. The molecule has 49 heavy (non-hydrogen) atoms. The molecule has 1 atom stereocenters. The molecule has 0 saturated heterocycles. The van der Waals surface area contributed by atoms with Gasteiger partial charge in [0, 0.05) is 43.2 Å². The largest absolute Gasteiger partial charge is 0.493 e. The maximum Gasteiger partial charge on any atom is 0.275 e. The van der Waals surface area contributed by atoms with Crippen molar-refractivity contribution < 1.29 is 38.1 Å². The predicted octanol–water partition coefficient (Wildman–Crippen LogP) is 1.14. The van der Waals surface area contributed by atoms with E-state index in [0.717, 1.165) is 0 Å². The Hall–Kier alpha value is -5.54. The lowest BCUT2D eigenvalue weighted by Crippen LogP contribution is -2.56. The van der Waals surface area contributed by atoms with Gasteiger partial charge in [-0.1, -0.05) is 19.0 Å². The fourth-order valence-electron chi connectivity index (χ4n) is 5.60. The zero-order chi connectivity index (χ0) is 35.3. The number of ether oxygens (including phenoxy) is 2. The van der Waals surface area contributed by atoms with Gasteiger partial charge < -0.3 is 35.6 Å². The fraction of sp³-hybridized carbons (Fsp3) is 0.455. The van der Waals surface area contributed by atoms with Gasteiger partial charge in [0.2, 0.25) is 17.7 Å². The standard InChI is InChI=1S/C33H40N8O8/c1-18(2)10-24-30(44)35-8-9-41(26(42)16-36-31(45)27-19(3)39-49-40-27)17-20-11-23(28(48-5)25(12-20)47-4)21-13-22(15-34-14-21)29(43)38-33(6-7-33)32(46)37-24/h11-15,18,24H,6-10,16-17H2,1-5H3,(H,35,44)(H,36,45)(H,37,46)(H,38,43)/t24-/m1/s1. The lowest BCUT2D eigenvalue weighted by atomic mass is 10.00. The summed E-state index contributed by atoms with van der Waals surface area (Å²) in [6.07, 6.45) is 4.16. The Bertz CT molecular complexity index is 1750. The van der Waals surface area contributed by atoms with Gasteiger partial charge in [-0.25, -0.2) is 4.63 Å². The Balaban J connectivity index is 1.51. The topological polar surface area (TPSA) is 207 Å². The Labute approximate surface area is 282 Å². The number of methoxy groups -OCH3 is 2. The SMILES string of the molecule is COc1cc2cc(c1OC)-c1cncc(c1)C(=O)NC1(CC1)C(=O)N[C@H](CC(C)C)C(=O)NCCN(C(=O)CNC(=O)c1nonc1C)C2. The first kappa shape index (κ1) is 34.8. The molecule has 3 aromatic rings. The summed E-state index contributed by atoms with van der Waals surface area (Å²) >= 11 is 0. The molecule has 16 nitrogen and oxygen atoms in total. The molecule has 1 spiro atoms. The lowest BCUT2D eigenvalue weighted by molar-refractivity contribution is -0.132. The molecule has 1 aliphatic carbocycles. The number of aryl methyl sites for hydroxylation is 1.